The zero-order valence-electron chi connectivity index (χ0n) is 27.3. The van der Waals surface area contributed by atoms with E-state index in [1.54, 1.807) is 14.2 Å². The predicted molar refractivity (Wildman–Crippen MR) is 193 cm³/mol. The molecule has 6 aromatic rings. The molecule has 48 heavy (non-hydrogen) atoms. The van der Waals surface area contributed by atoms with Gasteiger partial charge in [0.25, 0.3) is 0 Å². The van der Waals surface area contributed by atoms with E-state index < -0.39 is 5.41 Å². The molecule has 0 aliphatic heterocycles. The van der Waals surface area contributed by atoms with Crippen molar-refractivity contribution in [2.45, 2.75) is 5.41 Å². The third-order valence-corrected chi connectivity index (χ3v) is 9.00. The van der Waals surface area contributed by atoms with Crippen LogP contribution in [0.3, 0.4) is 0 Å². The number of hydrogen-bond acceptors (Lipinski definition) is 5. The maximum atomic E-state index is 5.91. The van der Waals surface area contributed by atoms with Gasteiger partial charge in [-0.15, -0.1) is 0 Å². The highest BCUT2D eigenvalue weighted by molar-refractivity contribution is 5.89. The molecule has 240 valence electrons. The highest BCUT2D eigenvalue weighted by Crippen LogP contribution is 2.57. The van der Waals surface area contributed by atoms with Crippen LogP contribution in [0.2, 0.25) is 0 Å². The van der Waals surface area contributed by atoms with Crippen LogP contribution < -0.4 is 14.4 Å². The van der Waals surface area contributed by atoms with E-state index >= 15 is 0 Å². The van der Waals surface area contributed by atoms with E-state index in [1.165, 1.54) is 33.4 Å². The van der Waals surface area contributed by atoms with E-state index in [0.29, 0.717) is 26.4 Å². The van der Waals surface area contributed by atoms with Gasteiger partial charge in [0.15, 0.2) is 0 Å². The zero-order chi connectivity index (χ0) is 32.8. The highest BCUT2D eigenvalue weighted by Gasteiger charge is 2.46. The van der Waals surface area contributed by atoms with Gasteiger partial charge in [-0.1, -0.05) is 91.0 Å². The van der Waals surface area contributed by atoms with Crippen molar-refractivity contribution in [3.05, 3.63) is 174 Å². The fourth-order valence-corrected chi connectivity index (χ4v) is 6.89. The Morgan fingerprint density at radius 1 is 0.438 bits per heavy atom. The summed E-state index contributed by atoms with van der Waals surface area (Å²) in [6.45, 7) is 2.07. The number of rotatable bonds is 13. The summed E-state index contributed by atoms with van der Waals surface area (Å²) in [4.78, 5) is 2.29. The average Bonchev–Trinajstić information content (AvgIpc) is 3.44. The molecule has 0 heterocycles. The van der Waals surface area contributed by atoms with Gasteiger partial charge in [-0.2, -0.15) is 0 Å². The lowest BCUT2D eigenvalue weighted by molar-refractivity contribution is 0.146. The Bertz CT molecular complexity index is 1850. The molecule has 0 spiro atoms. The second kappa shape index (κ2) is 14.2. The van der Waals surface area contributed by atoms with Crippen LogP contribution in [0.1, 0.15) is 22.3 Å². The Morgan fingerprint density at radius 3 is 1.42 bits per heavy atom. The fourth-order valence-electron chi connectivity index (χ4n) is 6.89. The molecule has 0 saturated heterocycles. The van der Waals surface area contributed by atoms with Crippen LogP contribution in [0, 0.1) is 0 Å². The predicted octanol–water partition coefficient (Wildman–Crippen LogP) is 9.57. The SMILES string of the molecule is COCCOc1ccc(N(c2ccc(OCCOC)cc2)c2ccc3c(c2)C(c2ccccc2)(c2ccccc2)c2ccccc2-3)cc1. The Morgan fingerprint density at radius 2 is 0.896 bits per heavy atom. The number of ether oxygens (including phenoxy) is 4. The van der Waals surface area contributed by atoms with E-state index in [2.05, 4.69) is 132 Å². The Hall–Kier alpha value is -5.36. The average molecular weight is 634 g/mol. The van der Waals surface area contributed by atoms with Gasteiger partial charge in [0.05, 0.1) is 18.6 Å². The standard InChI is InChI=1S/C43H39NO4/c1-45-27-29-47-37-22-17-34(18-23-37)44(35-19-24-38(25-20-35)48-30-28-46-2)36-21-26-40-39-15-9-10-16-41(39)43(42(40)31-36,32-11-5-3-6-12-32)33-13-7-4-8-14-33/h3-26,31H,27-30H2,1-2H3. The minimum atomic E-state index is -0.492. The molecule has 5 nitrogen and oxygen atoms in total. The smallest absolute Gasteiger partial charge is 0.119 e. The van der Waals surface area contributed by atoms with Gasteiger partial charge in [-0.25, -0.2) is 0 Å². The van der Waals surface area contributed by atoms with Gasteiger partial charge in [0.1, 0.15) is 24.7 Å². The normalized spacial score (nSPS) is 12.6. The Balaban J connectivity index is 1.40. The quantitative estimate of drug-likeness (QED) is 0.118. The van der Waals surface area contributed by atoms with Crippen LogP contribution in [0.5, 0.6) is 11.5 Å². The maximum absolute atomic E-state index is 5.91. The van der Waals surface area contributed by atoms with Gasteiger partial charge in [-0.05, 0) is 94.0 Å². The molecule has 0 aromatic heterocycles. The number of nitrogens with zero attached hydrogens (tertiary/aromatic N) is 1. The van der Waals surface area contributed by atoms with Crippen LogP contribution >= 0.6 is 0 Å². The van der Waals surface area contributed by atoms with Crippen molar-refractivity contribution in [2.24, 2.45) is 0 Å². The number of benzene rings is 6. The van der Waals surface area contributed by atoms with E-state index in [1.807, 2.05) is 24.3 Å². The molecule has 7 rings (SSSR count). The Kier molecular flexibility index (Phi) is 9.23. The van der Waals surface area contributed by atoms with Crippen molar-refractivity contribution in [1.82, 2.24) is 0 Å². The summed E-state index contributed by atoms with van der Waals surface area (Å²) < 4.78 is 22.2. The molecule has 0 unspecified atom stereocenters. The summed E-state index contributed by atoms with van der Waals surface area (Å²) in [5.74, 6) is 1.60. The molecule has 0 fully saturated rings. The lowest BCUT2D eigenvalue weighted by Crippen LogP contribution is -2.28. The van der Waals surface area contributed by atoms with E-state index in [9.17, 15) is 0 Å². The number of hydrogen-bond donors (Lipinski definition) is 0. The van der Waals surface area contributed by atoms with Crippen molar-refractivity contribution in [3.8, 4) is 22.6 Å². The monoisotopic (exact) mass is 633 g/mol. The third-order valence-electron chi connectivity index (χ3n) is 9.00. The molecule has 1 aliphatic carbocycles. The number of methoxy groups -OCH3 is 2. The van der Waals surface area contributed by atoms with Crippen molar-refractivity contribution in [1.29, 1.82) is 0 Å². The van der Waals surface area contributed by atoms with Crippen molar-refractivity contribution in [2.75, 3.05) is 45.5 Å². The fraction of sp³-hybridized carbons (Fsp3) is 0.163. The molecule has 6 aromatic carbocycles. The molecular weight excluding hydrogens is 594 g/mol. The van der Waals surface area contributed by atoms with Gasteiger partial charge in [-0.3, -0.25) is 0 Å². The topological polar surface area (TPSA) is 40.2 Å². The van der Waals surface area contributed by atoms with Crippen molar-refractivity contribution < 1.29 is 18.9 Å². The molecule has 0 N–H and O–H groups in total. The lowest BCUT2D eigenvalue weighted by atomic mass is 9.67. The van der Waals surface area contributed by atoms with Gasteiger partial charge < -0.3 is 23.8 Å². The molecule has 0 saturated carbocycles. The molecule has 1 aliphatic rings. The summed E-state index contributed by atoms with van der Waals surface area (Å²) in [6.07, 6.45) is 0. The third kappa shape index (κ3) is 5.83. The number of anilines is 3. The maximum Gasteiger partial charge on any atom is 0.119 e. The molecule has 5 heteroatoms. The first-order valence-electron chi connectivity index (χ1n) is 16.3. The number of fused-ring (bicyclic) bond motifs is 3. The van der Waals surface area contributed by atoms with Crippen LogP contribution in [-0.4, -0.2) is 40.6 Å². The summed E-state index contributed by atoms with van der Waals surface area (Å²) in [7, 11) is 3.36. The zero-order valence-corrected chi connectivity index (χ0v) is 27.3. The summed E-state index contributed by atoms with van der Waals surface area (Å²) in [5, 5.41) is 0. The molecule has 0 atom stereocenters. The lowest BCUT2D eigenvalue weighted by Gasteiger charge is -2.35. The van der Waals surface area contributed by atoms with Gasteiger partial charge >= 0.3 is 0 Å². The Labute approximate surface area is 282 Å². The summed E-state index contributed by atoms with van der Waals surface area (Å²) in [5.41, 5.74) is 10.1. The first-order chi connectivity index (χ1) is 23.7. The highest BCUT2D eigenvalue weighted by atomic mass is 16.5. The van der Waals surface area contributed by atoms with E-state index in [0.717, 1.165) is 28.6 Å². The minimum Gasteiger partial charge on any atom is -0.491 e. The van der Waals surface area contributed by atoms with Crippen molar-refractivity contribution >= 4 is 17.1 Å². The molecule has 0 bridgehead atoms. The summed E-state index contributed by atoms with van der Waals surface area (Å²) >= 11 is 0. The van der Waals surface area contributed by atoms with Crippen LogP contribution in [-0.2, 0) is 14.9 Å². The van der Waals surface area contributed by atoms with Crippen LogP contribution in [0.4, 0.5) is 17.1 Å². The second-order valence-corrected chi connectivity index (χ2v) is 11.8. The van der Waals surface area contributed by atoms with Gasteiger partial charge in [0, 0.05) is 31.3 Å². The summed E-state index contributed by atoms with van der Waals surface area (Å²) in [6, 6.07) is 54.0. The molecule has 0 amide bonds. The van der Waals surface area contributed by atoms with Crippen LogP contribution in [0.15, 0.2) is 152 Å². The molecule has 0 radical (unpaired) electrons. The first-order valence-corrected chi connectivity index (χ1v) is 16.3. The molecular formula is C43H39NO4. The van der Waals surface area contributed by atoms with E-state index in [4.69, 9.17) is 18.9 Å². The minimum absolute atomic E-state index is 0.492. The van der Waals surface area contributed by atoms with Gasteiger partial charge in [0.2, 0.25) is 0 Å². The van der Waals surface area contributed by atoms with Crippen LogP contribution in [0.25, 0.3) is 11.1 Å². The first kappa shape index (κ1) is 31.3. The van der Waals surface area contributed by atoms with E-state index in [-0.39, 0.29) is 0 Å². The van der Waals surface area contributed by atoms with Crippen molar-refractivity contribution in [3.63, 3.8) is 0 Å². The largest absolute Gasteiger partial charge is 0.491 e. The second-order valence-electron chi connectivity index (χ2n) is 11.8.